The topological polar surface area (TPSA) is 76.9 Å². The fourth-order valence-corrected chi connectivity index (χ4v) is 4.89. The first kappa shape index (κ1) is 14.9. The highest BCUT2D eigenvalue weighted by molar-refractivity contribution is 9.10. The van der Waals surface area contributed by atoms with Crippen molar-refractivity contribution in [2.45, 2.75) is 50.1 Å². The molecule has 2 unspecified atom stereocenters. The zero-order chi connectivity index (χ0) is 14.0. The summed E-state index contributed by atoms with van der Waals surface area (Å²) >= 11 is 3.13. The summed E-state index contributed by atoms with van der Waals surface area (Å²) in [6.45, 7) is 2.22. The van der Waals surface area contributed by atoms with E-state index in [0.29, 0.717) is 5.92 Å². The first-order valence-corrected chi connectivity index (χ1v) is 8.75. The van der Waals surface area contributed by atoms with Gasteiger partial charge in [-0.05, 0) is 41.1 Å². The molecule has 0 aliphatic heterocycles. The van der Waals surface area contributed by atoms with Gasteiger partial charge in [0.1, 0.15) is 0 Å². The van der Waals surface area contributed by atoms with E-state index >= 15 is 0 Å². The molecule has 0 bridgehead atoms. The van der Waals surface area contributed by atoms with Crippen LogP contribution in [0.5, 0.6) is 0 Å². The highest BCUT2D eigenvalue weighted by atomic mass is 79.9. The van der Waals surface area contributed by atoms with Crippen LogP contribution in [0.15, 0.2) is 9.63 Å². The number of sulfonamides is 1. The lowest BCUT2D eigenvalue weighted by Gasteiger charge is -2.16. The number of halogens is 1. The molecule has 1 fully saturated rings. The van der Waals surface area contributed by atoms with Crippen LogP contribution in [0.1, 0.15) is 39.0 Å². The number of hydrogen-bond donors (Lipinski definition) is 1. The van der Waals surface area contributed by atoms with Gasteiger partial charge in [-0.1, -0.05) is 25.0 Å². The van der Waals surface area contributed by atoms with Crippen molar-refractivity contribution in [2.75, 3.05) is 0 Å². The van der Waals surface area contributed by atoms with Crippen molar-refractivity contribution >= 4 is 26.0 Å². The van der Waals surface area contributed by atoms with Crippen LogP contribution < -0.4 is 4.72 Å². The monoisotopic (exact) mass is 350 g/mol. The van der Waals surface area contributed by atoms with Crippen molar-refractivity contribution in [3.63, 3.8) is 0 Å². The fraction of sp³-hybridized carbons (Fsp3) is 0.818. The lowest BCUT2D eigenvalue weighted by atomic mass is 10.0. The standard InChI is InChI=1S/C11H19BrN4O2S/c1-8-4-3-5-9(7-6-8)14-19(17,18)11-10(12)13-15-16(11)2/h8-9,14H,3-7H2,1-2H3. The smallest absolute Gasteiger partial charge is 0.235 e. The second kappa shape index (κ2) is 5.88. The van der Waals surface area contributed by atoms with Crippen molar-refractivity contribution in [1.82, 2.24) is 19.7 Å². The predicted molar refractivity (Wildman–Crippen MR) is 75.1 cm³/mol. The first-order chi connectivity index (χ1) is 8.90. The third-order valence-corrected chi connectivity index (χ3v) is 5.98. The van der Waals surface area contributed by atoms with Crippen molar-refractivity contribution in [2.24, 2.45) is 13.0 Å². The van der Waals surface area contributed by atoms with Gasteiger partial charge in [0.05, 0.1) is 0 Å². The molecule has 1 saturated carbocycles. The minimum Gasteiger partial charge on any atom is -0.235 e. The summed E-state index contributed by atoms with van der Waals surface area (Å²) in [6.07, 6.45) is 5.10. The third kappa shape index (κ3) is 3.55. The number of rotatable bonds is 3. The van der Waals surface area contributed by atoms with Gasteiger partial charge in [0.25, 0.3) is 10.0 Å². The average molecular weight is 351 g/mol. The molecule has 0 aromatic carbocycles. The maximum atomic E-state index is 12.4. The van der Waals surface area contributed by atoms with E-state index in [1.54, 1.807) is 7.05 Å². The molecular weight excluding hydrogens is 332 g/mol. The Labute approximate surface area is 122 Å². The third-order valence-electron chi connectivity index (χ3n) is 3.57. The molecule has 1 aliphatic rings. The van der Waals surface area contributed by atoms with Gasteiger partial charge in [0.15, 0.2) is 4.60 Å². The van der Waals surface area contributed by atoms with Crippen LogP contribution in [-0.4, -0.2) is 29.5 Å². The van der Waals surface area contributed by atoms with Gasteiger partial charge >= 0.3 is 0 Å². The Balaban J connectivity index is 2.13. The molecule has 1 N–H and O–H groups in total. The minimum atomic E-state index is -3.57. The van der Waals surface area contributed by atoms with Crippen LogP contribution in [0.2, 0.25) is 0 Å². The van der Waals surface area contributed by atoms with Crippen LogP contribution in [0.3, 0.4) is 0 Å². The van der Waals surface area contributed by atoms with E-state index in [4.69, 9.17) is 0 Å². The number of hydrogen-bond acceptors (Lipinski definition) is 4. The molecule has 0 spiro atoms. The molecule has 0 saturated heterocycles. The van der Waals surface area contributed by atoms with Crippen molar-refractivity contribution in [3.05, 3.63) is 4.60 Å². The Bertz CT molecular complexity index is 523. The Hall–Kier alpha value is -0.470. The van der Waals surface area contributed by atoms with Crippen molar-refractivity contribution in [3.8, 4) is 0 Å². The number of aromatic nitrogens is 3. The van der Waals surface area contributed by atoms with E-state index in [1.807, 2.05) is 0 Å². The van der Waals surface area contributed by atoms with E-state index in [0.717, 1.165) is 25.7 Å². The Kier molecular flexibility index (Phi) is 4.62. The molecule has 19 heavy (non-hydrogen) atoms. The van der Waals surface area contributed by atoms with Gasteiger partial charge < -0.3 is 0 Å². The summed E-state index contributed by atoms with van der Waals surface area (Å²) < 4.78 is 29.0. The van der Waals surface area contributed by atoms with E-state index in [9.17, 15) is 8.42 Å². The zero-order valence-electron chi connectivity index (χ0n) is 11.1. The van der Waals surface area contributed by atoms with E-state index in [-0.39, 0.29) is 15.7 Å². The molecule has 1 heterocycles. The molecule has 1 aromatic heterocycles. The lowest BCUT2D eigenvalue weighted by molar-refractivity contribution is 0.481. The molecule has 8 heteroatoms. The summed E-state index contributed by atoms with van der Waals surface area (Å²) in [5, 5.41) is 7.51. The van der Waals surface area contributed by atoms with E-state index < -0.39 is 10.0 Å². The molecule has 0 radical (unpaired) electrons. The number of aryl methyl sites for hydroxylation is 1. The first-order valence-electron chi connectivity index (χ1n) is 6.47. The van der Waals surface area contributed by atoms with Crippen molar-refractivity contribution in [1.29, 1.82) is 0 Å². The van der Waals surface area contributed by atoms with Crippen LogP contribution in [0.4, 0.5) is 0 Å². The summed E-state index contributed by atoms with van der Waals surface area (Å²) in [7, 11) is -2.00. The number of nitrogens with zero attached hydrogens (tertiary/aromatic N) is 3. The van der Waals surface area contributed by atoms with Crippen molar-refractivity contribution < 1.29 is 8.42 Å². The normalized spacial score (nSPS) is 25.2. The molecule has 2 rings (SSSR count). The second-order valence-electron chi connectivity index (χ2n) is 5.24. The highest BCUT2D eigenvalue weighted by Gasteiger charge is 2.27. The van der Waals surface area contributed by atoms with Crippen LogP contribution in [0, 0.1) is 5.92 Å². The predicted octanol–water partition coefficient (Wildman–Crippen LogP) is 1.82. The zero-order valence-corrected chi connectivity index (χ0v) is 13.5. The van der Waals surface area contributed by atoms with Gasteiger partial charge in [0.2, 0.25) is 5.03 Å². The van der Waals surface area contributed by atoms with Gasteiger partial charge in [-0.25, -0.2) is 17.8 Å². The number of nitrogens with one attached hydrogen (secondary N) is 1. The SMILES string of the molecule is CC1CCCC(NS(=O)(=O)c2c(Br)nnn2C)CC1. The summed E-state index contributed by atoms with van der Waals surface area (Å²) in [6, 6.07) is 0.0109. The maximum absolute atomic E-state index is 12.4. The van der Waals surface area contributed by atoms with Gasteiger partial charge in [0, 0.05) is 13.1 Å². The molecular formula is C11H19BrN4O2S. The second-order valence-corrected chi connectivity index (χ2v) is 7.62. The Morgan fingerprint density at radius 3 is 2.68 bits per heavy atom. The van der Waals surface area contributed by atoms with E-state index in [1.165, 1.54) is 11.1 Å². The van der Waals surface area contributed by atoms with Crippen LogP contribution in [-0.2, 0) is 17.1 Å². The maximum Gasteiger partial charge on any atom is 0.260 e. The van der Waals surface area contributed by atoms with Gasteiger partial charge in [-0.15, -0.1) is 5.10 Å². The largest absolute Gasteiger partial charge is 0.260 e. The Morgan fingerprint density at radius 2 is 2.05 bits per heavy atom. The fourth-order valence-electron chi connectivity index (χ4n) is 2.49. The molecule has 1 aliphatic carbocycles. The van der Waals surface area contributed by atoms with E-state index in [2.05, 4.69) is 37.9 Å². The molecule has 1 aromatic rings. The summed E-state index contributed by atoms with van der Waals surface area (Å²) in [5.74, 6) is 0.680. The van der Waals surface area contributed by atoms with Crippen LogP contribution >= 0.6 is 15.9 Å². The summed E-state index contributed by atoms with van der Waals surface area (Å²) in [4.78, 5) is 0. The molecule has 108 valence electrons. The quantitative estimate of drug-likeness (QED) is 0.843. The molecule has 2 atom stereocenters. The summed E-state index contributed by atoms with van der Waals surface area (Å²) in [5.41, 5.74) is 0. The van der Waals surface area contributed by atoms with Gasteiger partial charge in [-0.2, -0.15) is 0 Å². The molecule has 0 amide bonds. The average Bonchev–Trinajstić information content (AvgIpc) is 2.53. The molecule has 6 nitrogen and oxygen atoms in total. The lowest BCUT2D eigenvalue weighted by Crippen LogP contribution is -2.35. The van der Waals surface area contributed by atoms with Crippen LogP contribution in [0.25, 0.3) is 0 Å². The Morgan fingerprint density at radius 1 is 1.32 bits per heavy atom. The minimum absolute atomic E-state index is 0.0109. The highest BCUT2D eigenvalue weighted by Crippen LogP contribution is 2.25. The van der Waals surface area contributed by atoms with Gasteiger partial charge in [-0.3, -0.25) is 0 Å².